The number of phenols is 1. The van der Waals surface area contributed by atoms with Crippen LogP contribution in [0.1, 0.15) is 75.7 Å². The van der Waals surface area contributed by atoms with Gasteiger partial charge in [0.15, 0.2) is 0 Å². The number of hydrogen-bond donors (Lipinski definition) is 1. The van der Waals surface area contributed by atoms with E-state index in [4.69, 9.17) is 9.47 Å². The first-order valence-corrected chi connectivity index (χ1v) is 11.5. The van der Waals surface area contributed by atoms with Crippen LogP contribution in [0.15, 0.2) is 78.9 Å². The fourth-order valence-corrected chi connectivity index (χ4v) is 3.85. The van der Waals surface area contributed by atoms with Gasteiger partial charge in [-0.3, -0.25) is 0 Å². The molecular weight excluding hydrogens is 384 g/mol. The quantitative estimate of drug-likeness (QED) is 0.324. The Morgan fingerprint density at radius 2 is 1.16 bits per heavy atom. The molecule has 1 N–H and O–H groups in total. The first-order chi connectivity index (χ1) is 15.2. The molecule has 3 aromatic rings. The van der Waals surface area contributed by atoms with Crippen LogP contribution in [0.2, 0.25) is 0 Å². The third-order valence-corrected chi connectivity index (χ3v) is 5.47. The van der Waals surface area contributed by atoms with Crippen molar-refractivity contribution in [3.8, 4) is 17.2 Å². The summed E-state index contributed by atoms with van der Waals surface area (Å²) in [7, 11) is 0. The summed E-state index contributed by atoms with van der Waals surface area (Å²) in [6.07, 6.45) is 5.56. The fourth-order valence-electron chi connectivity index (χ4n) is 3.85. The van der Waals surface area contributed by atoms with Crippen LogP contribution in [-0.2, 0) is 0 Å². The van der Waals surface area contributed by atoms with Crippen molar-refractivity contribution < 1.29 is 14.6 Å². The Kier molecular flexibility index (Phi) is 8.84. The van der Waals surface area contributed by atoms with E-state index in [9.17, 15) is 5.11 Å². The molecule has 0 heterocycles. The Balaban J connectivity index is 1.98. The Morgan fingerprint density at radius 1 is 0.645 bits per heavy atom. The lowest BCUT2D eigenvalue weighted by Crippen LogP contribution is -2.16. The molecule has 2 unspecified atom stereocenters. The highest BCUT2D eigenvalue weighted by Gasteiger charge is 2.26. The maximum Gasteiger partial charge on any atom is 0.128 e. The number of hydrogen-bond acceptors (Lipinski definition) is 3. The monoisotopic (exact) mass is 418 g/mol. The van der Waals surface area contributed by atoms with E-state index in [1.54, 1.807) is 6.07 Å². The van der Waals surface area contributed by atoms with E-state index >= 15 is 0 Å². The Morgan fingerprint density at radius 3 is 1.71 bits per heavy atom. The van der Waals surface area contributed by atoms with Crippen molar-refractivity contribution in [2.45, 2.75) is 64.6 Å². The summed E-state index contributed by atoms with van der Waals surface area (Å²) >= 11 is 0. The highest BCUT2D eigenvalue weighted by molar-refractivity contribution is 5.43. The smallest absolute Gasteiger partial charge is 0.128 e. The summed E-state index contributed by atoms with van der Waals surface area (Å²) in [6.45, 7) is 4.36. The predicted molar refractivity (Wildman–Crippen MR) is 127 cm³/mol. The normalized spacial score (nSPS) is 12.8. The molecule has 0 aliphatic heterocycles. The van der Waals surface area contributed by atoms with Gasteiger partial charge in [-0.1, -0.05) is 75.2 Å². The highest BCUT2D eigenvalue weighted by atomic mass is 16.5. The molecule has 0 saturated heterocycles. The maximum atomic E-state index is 10.9. The van der Waals surface area contributed by atoms with E-state index in [0.29, 0.717) is 0 Å². The van der Waals surface area contributed by atoms with E-state index in [-0.39, 0.29) is 18.0 Å². The van der Waals surface area contributed by atoms with E-state index in [1.807, 2.05) is 66.7 Å². The first-order valence-electron chi connectivity index (χ1n) is 11.5. The average molecular weight is 419 g/mol. The highest BCUT2D eigenvalue weighted by Crippen LogP contribution is 2.39. The zero-order chi connectivity index (χ0) is 21.9. The van der Waals surface area contributed by atoms with Crippen LogP contribution in [0.25, 0.3) is 0 Å². The zero-order valence-electron chi connectivity index (χ0n) is 18.7. The molecule has 3 heteroatoms. The van der Waals surface area contributed by atoms with Crippen molar-refractivity contribution >= 4 is 0 Å². The molecule has 31 heavy (non-hydrogen) atoms. The van der Waals surface area contributed by atoms with Gasteiger partial charge < -0.3 is 14.6 Å². The molecule has 0 aromatic heterocycles. The van der Waals surface area contributed by atoms with Crippen LogP contribution in [0.3, 0.4) is 0 Å². The van der Waals surface area contributed by atoms with E-state index < -0.39 is 0 Å². The first kappa shape index (κ1) is 22.7. The molecule has 0 aliphatic carbocycles. The molecule has 3 nitrogen and oxygen atoms in total. The number of aromatic hydroxyl groups is 1. The number of unbranched alkanes of at least 4 members (excludes halogenated alkanes) is 2. The molecule has 3 rings (SSSR count). The van der Waals surface area contributed by atoms with Crippen molar-refractivity contribution in [3.05, 3.63) is 90.0 Å². The average Bonchev–Trinajstić information content (AvgIpc) is 2.81. The lowest BCUT2D eigenvalue weighted by molar-refractivity contribution is 0.165. The molecule has 0 fully saturated rings. The number of para-hydroxylation sites is 2. The van der Waals surface area contributed by atoms with Crippen molar-refractivity contribution in [3.63, 3.8) is 0 Å². The molecule has 3 aromatic carbocycles. The van der Waals surface area contributed by atoms with Gasteiger partial charge in [0.25, 0.3) is 0 Å². The molecule has 164 valence electrons. The molecule has 0 amide bonds. The largest absolute Gasteiger partial charge is 0.508 e. The van der Waals surface area contributed by atoms with Gasteiger partial charge in [-0.05, 0) is 56.0 Å². The van der Waals surface area contributed by atoms with Gasteiger partial charge in [-0.2, -0.15) is 0 Å². The van der Waals surface area contributed by atoms with Gasteiger partial charge in [-0.15, -0.1) is 0 Å². The number of ether oxygens (including phenoxy) is 2. The van der Waals surface area contributed by atoms with Crippen molar-refractivity contribution in [1.82, 2.24) is 0 Å². The van der Waals surface area contributed by atoms with Crippen LogP contribution < -0.4 is 9.47 Å². The SMILES string of the molecule is CCCCC(Oc1ccccc1)c1cccc(O)c1C(CCCC)Oc1ccccc1. The van der Waals surface area contributed by atoms with Gasteiger partial charge in [0, 0.05) is 11.1 Å². The third kappa shape index (κ3) is 6.52. The van der Waals surface area contributed by atoms with Crippen molar-refractivity contribution in [2.75, 3.05) is 0 Å². The lowest BCUT2D eigenvalue weighted by Gasteiger charge is -2.27. The van der Waals surface area contributed by atoms with Gasteiger partial charge in [0.2, 0.25) is 0 Å². The Hall–Kier alpha value is -2.94. The second kappa shape index (κ2) is 12.0. The van der Waals surface area contributed by atoms with Crippen molar-refractivity contribution in [2.24, 2.45) is 0 Å². The summed E-state index contributed by atoms with van der Waals surface area (Å²) in [5.41, 5.74) is 1.85. The topological polar surface area (TPSA) is 38.7 Å². The van der Waals surface area contributed by atoms with E-state index in [1.165, 1.54) is 0 Å². The standard InChI is InChI=1S/C28H34O3/c1-3-5-20-26(30-22-14-9-7-10-15-22)24-18-13-19-25(29)28(24)27(21-6-4-2)31-23-16-11-8-12-17-23/h7-19,26-27,29H,3-6,20-21H2,1-2H3. The van der Waals surface area contributed by atoms with Crippen LogP contribution in [0, 0.1) is 0 Å². The zero-order valence-corrected chi connectivity index (χ0v) is 18.7. The van der Waals surface area contributed by atoms with Gasteiger partial charge in [0.05, 0.1) is 0 Å². The molecular formula is C28H34O3. The van der Waals surface area contributed by atoms with Crippen molar-refractivity contribution in [1.29, 1.82) is 0 Å². The summed E-state index contributed by atoms with van der Waals surface area (Å²) < 4.78 is 12.8. The van der Waals surface area contributed by atoms with Crippen LogP contribution in [0.5, 0.6) is 17.2 Å². The van der Waals surface area contributed by atoms with E-state index in [2.05, 4.69) is 19.9 Å². The Bertz CT molecular complexity index is 893. The lowest BCUT2D eigenvalue weighted by atomic mass is 9.92. The molecule has 0 bridgehead atoms. The summed E-state index contributed by atoms with van der Waals surface area (Å²) in [5, 5.41) is 10.9. The summed E-state index contributed by atoms with van der Waals surface area (Å²) in [5.74, 6) is 1.92. The molecule has 2 atom stereocenters. The van der Waals surface area contributed by atoms with Crippen LogP contribution >= 0.6 is 0 Å². The number of benzene rings is 3. The minimum Gasteiger partial charge on any atom is -0.508 e. The molecule has 0 radical (unpaired) electrons. The van der Waals surface area contributed by atoms with Gasteiger partial charge in [-0.25, -0.2) is 0 Å². The van der Waals surface area contributed by atoms with Crippen LogP contribution in [0.4, 0.5) is 0 Å². The summed E-state index contributed by atoms with van der Waals surface area (Å²) in [6, 6.07) is 25.5. The Labute approximate surface area is 186 Å². The minimum absolute atomic E-state index is 0.145. The molecule has 0 saturated carbocycles. The van der Waals surface area contributed by atoms with Gasteiger partial charge >= 0.3 is 0 Å². The molecule has 0 aliphatic rings. The third-order valence-electron chi connectivity index (χ3n) is 5.47. The van der Waals surface area contributed by atoms with Crippen LogP contribution in [-0.4, -0.2) is 5.11 Å². The van der Waals surface area contributed by atoms with Gasteiger partial charge in [0.1, 0.15) is 29.5 Å². The second-order valence-electron chi connectivity index (χ2n) is 7.90. The second-order valence-corrected chi connectivity index (χ2v) is 7.90. The maximum absolute atomic E-state index is 10.9. The predicted octanol–water partition coefficient (Wildman–Crippen LogP) is 8.01. The number of rotatable bonds is 12. The fraction of sp³-hybridized carbons (Fsp3) is 0.357. The molecule has 0 spiro atoms. The van der Waals surface area contributed by atoms with E-state index in [0.717, 1.165) is 61.2 Å². The minimum atomic E-state index is -0.234. The summed E-state index contributed by atoms with van der Waals surface area (Å²) in [4.78, 5) is 0. The number of phenolic OH excluding ortho intramolecular Hbond substituents is 1.